The number of amides is 3. The van der Waals surface area contributed by atoms with Gasteiger partial charge in [0.2, 0.25) is 17.7 Å². The fourth-order valence-electron chi connectivity index (χ4n) is 4.12. The van der Waals surface area contributed by atoms with Gasteiger partial charge < -0.3 is 19.9 Å². The Labute approximate surface area is 162 Å². The molecular formula is C19H23N3O4S. The minimum absolute atomic E-state index is 0.0446. The Balaban J connectivity index is 1.52. The fraction of sp³-hybridized carbons (Fsp3) is 0.526. The van der Waals surface area contributed by atoms with Gasteiger partial charge in [0, 0.05) is 36.9 Å². The molecule has 1 aromatic rings. The first-order chi connectivity index (χ1) is 12.9. The average Bonchev–Trinajstić information content (AvgIpc) is 3.30. The quantitative estimate of drug-likeness (QED) is 0.854. The molecule has 144 valence electrons. The molecule has 0 radical (unpaired) electrons. The molecule has 8 heteroatoms. The molecule has 4 rings (SSSR count). The number of nitrogens with one attached hydrogen (secondary N) is 1. The van der Waals surface area contributed by atoms with E-state index in [-0.39, 0.29) is 22.6 Å². The van der Waals surface area contributed by atoms with E-state index in [4.69, 9.17) is 4.74 Å². The first kappa shape index (κ1) is 18.2. The predicted molar refractivity (Wildman–Crippen MR) is 104 cm³/mol. The van der Waals surface area contributed by atoms with Crippen molar-refractivity contribution in [1.82, 2.24) is 4.90 Å². The highest BCUT2D eigenvalue weighted by Crippen LogP contribution is 2.47. The van der Waals surface area contributed by atoms with E-state index in [2.05, 4.69) is 5.32 Å². The van der Waals surface area contributed by atoms with Crippen molar-refractivity contribution in [3.63, 3.8) is 0 Å². The van der Waals surface area contributed by atoms with Crippen molar-refractivity contribution in [2.45, 2.75) is 43.5 Å². The molecule has 27 heavy (non-hydrogen) atoms. The maximum Gasteiger partial charge on any atom is 0.248 e. The maximum absolute atomic E-state index is 12.8. The summed E-state index contributed by atoms with van der Waals surface area (Å²) in [4.78, 5) is 40.2. The Morgan fingerprint density at radius 1 is 1.30 bits per heavy atom. The molecule has 0 aromatic heterocycles. The molecule has 3 heterocycles. The van der Waals surface area contributed by atoms with E-state index in [1.807, 2.05) is 6.92 Å². The van der Waals surface area contributed by atoms with Crippen LogP contribution in [0.25, 0.3) is 0 Å². The van der Waals surface area contributed by atoms with Gasteiger partial charge in [0.25, 0.3) is 0 Å². The highest BCUT2D eigenvalue weighted by atomic mass is 32.2. The lowest BCUT2D eigenvalue weighted by Gasteiger charge is -2.30. The third kappa shape index (κ3) is 3.05. The van der Waals surface area contributed by atoms with Crippen LogP contribution >= 0.6 is 11.8 Å². The Kier molecular flexibility index (Phi) is 4.53. The van der Waals surface area contributed by atoms with E-state index in [1.54, 1.807) is 46.9 Å². The number of benzene rings is 1. The van der Waals surface area contributed by atoms with Crippen molar-refractivity contribution in [1.29, 1.82) is 0 Å². The van der Waals surface area contributed by atoms with Gasteiger partial charge in [-0.3, -0.25) is 14.4 Å². The lowest BCUT2D eigenvalue weighted by Crippen LogP contribution is -2.48. The summed E-state index contributed by atoms with van der Waals surface area (Å²) < 4.78 is 5.44. The zero-order chi connectivity index (χ0) is 19.2. The van der Waals surface area contributed by atoms with Gasteiger partial charge in [-0.2, -0.15) is 0 Å². The molecule has 0 spiro atoms. The van der Waals surface area contributed by atoms with Crippen molar-refractivity contribution < 1.29 is 19.1 Å². The molecule has 3 amide bonds. The summed E-state index contributed by atoms with van der Waals surface area (Å²) in [7, 11) is 1.55. The fourth-order valence-corrected chi connectivity index (χ4v) is 5.55. The number of methoxy groups -OCH3 is 1. The number of fused-ring (bicyclic) bond motifs is 1. The smallest absolute Gasteiger partial charge is 0.248 e. The van der Waals surface area contributed by atoms with Crippen LogP contribution in [0.5, 0.6) is 5.75 Å². The van der Waals surface area contributed by atoms with E-state index < -0.39 is 6.04 Å². The number of carbonyl (C=O) groups excluding carboxylic acids is 3. The van der Waals surface area contributed by atoms with E-state index in [0.717, 1.165) is 18.5 Å². The molecule has 3 aliphatic heterocycles. The lowest BCUT2D eigenvalue weighted by molar-refractivity contribution is -0.135. The summed E-state index contributed by atoms with van der Waals surface area (Å²) in [5.41, 5.74) is 1.31. The average molecular weight is 389 g/mol. The topological polar surface area (TPSA) is 79.0 Å². The molecule has 7 nitrogen and oxygen atoms in total. The summed E-state index contributed by atoms with van der Waals surface area (Å²) in [6.07, 6.45) is 2.67. The van der Waals surface area contributed by atoms with Gasteiger partial charge in [-0.05, 0) is 31.9 Å². The molecule has 2 unspecified atom stereocenters. The summed E-state index contributed by atoms with van der Waals surface area (Å²) >= 11 is 1.67. The van der Waals surface area contributed by atoms with E-state index in [0.29, 0.717) is 36.6 Å². The highest BCUT2D eigenvalue weighted by molar-refractivity contribution is 8.01. The van der Waals surface area contributed by atoms with Gasteiger partial charge in [0.1, 0.15) is 11.8 Å². The number of hydrogen-bond donors (Lipinski definition) is 1. The van der Waals surface area contributed by atoms with E-state index >= 15 is 0 Å². The van der Waals surface area contributed by atoms with Gasteiger partial charge >= 0.3 is 0 Å². The van der Waals surface area contributed by atoms with Crippen molar-refractivity contribution in [2.24, 2.45) is 0 Å². The van der Waals surface area contributed by atoms with Crippen LogP contribution in [0.15, 0.2) is 18.2 Å². The maximum atomic E-state index is 12.8. The molecule has 3 fully saturated rings. The van der Waals surface area contributed by atoms with Crippen molar-refractivity contribution in [2.75, 3.05) is 29.6 Å². The van der Waals surface area contributed by atoms with Crippen molar-refractivity contribution in [3.05, 3.63) is 18.2 Å². The van der Waals surface area contributed by atoms with Gasteiger partial charge in [0.15, 0.2) is 0 Å². The minimum atomic E-state index is -0.458. The van der Waals surface area contributed by atoms with Crippen LogP contribution in [0.2, 0.25) is 0 Å². The third-order valence-corrected chi connectivity index (χ3v) is 7.06. The largest absolute Gasteiger partial charge is 0.494 e. The van der Waals surface area contributed by atoms with Gasteiger partial charge in [-0.1, -0.05) is 0 Å². The standard InChI is InChI=1S/C19H23N3O4S/c1-19-8-7-17(24)22(19)14(11-27-19)18(25)20-12-5-6-13(15(10-12)26-2)21-9-3-4-16(21)23/h5-6,10,14H,3-4,7-9,11H2,1-2H3,(H,20,25). The first-order valence-corrected chi connectivity index (χ1v) is 10.2. The van der Waals surface area contributed by atoms with Crippen molar-refractivity contribution >= 4 is 40.9 Å². The Hall–Kier alpha value is -2.22. The number of thioether (sulfide) groups is 1. The van der Waals surface area contributed by atoms with Crippen LogP contribution in [0.1, 0.15) is 32.6 Å². The van der Waals surface area contributed by atoms with Crippen molar-refractivity contribution in [3.8, 4) is 5.75 Å². The molecule has 3 saturated heterocycles. The monoisotopic (exact) mass is 389 g/mol. The number of carbonyl (C=O) groups is 3. The molecule has 0 saturated carbocycles. The molecule has 2 atom stereocenters. The normalized spacial score (nSPS) is 27.3. The predicted octanol–water partition coefficient (Wildman–Crippen LogP) is 2.21. The van der Waals surface area contributed by atoms with Gasteiger partial charge in [-0.25, -0.2) is 0 Å². The van der Waals surface area contributed by atoms with Gasteiger partial charge in [0.05, 0.1) is 17.7 Å². The molecule has 1 N–H and O–H groups in total. The highest BCUT2D eigenvalue weighted by Gasteiger charge is 2.52. The number of anilines is 2. The minimum Gasteiger partial charge on any atom is -0.494 e. The summed E-state index contributed by atoms with van der Waals surface area (Å²) in [5.74, 6) is 1.09. The molecule has 3 aliphatic rings. The van der Waals surface area contributed by atoms with Crippen LogP contribution in [-0.2, 0) is 14.4 Å². The second-order valence-electron chi connectivity index (χ2n) is 7.29. The van der Waals surface area contributed by atoms with Crippen LogP contribution in [0, 0.1) is 0 Å². The second-order valence-corrected chi connectivity index (χ2v) is 8.79. The zero-order valence-electron chi connectivity index (χ0n) is 15.5. The number of nitrogens with zero attached hydrogens (tertiary/aromatic N) is 2. The molecule has 0 bridgehead atoms. The Bertz CT molecular complexity index is 814. The number of rotatable bonds is 4. The van der Waals surface area contributed by atoms with Crippen LogP contribution in [0.4, 0.5) is 11.4 Å². The summed E-state index contributed by atoms with van der Waals surface area (Å²) in [6, 6.07) is 4.84. The van der Waals surface area contributed by atoms with Crippen LogP contribution < -0.4 is 15.0 Å². The van der Waals surface area contributed by atoms with Crippen LogP contribution in [0.3, 0.4) is 0 Å². The SMILES string of the molecule is COc1cc(NC(=O)C2CSC3(C)CCC(=O)N23)ccc1N1CCCC1=O. The molecule has 0 aliphatic carbocycles. The van der Waals surface area contributed by atoms with E-state index in [1.165, 1.54) is 0 Å². The number of hydrogen-bond acceptors (Lipinski definition) is 5. The Morgan fingerprint density at radius 3 is 2.81 bits per heavy atom. The van der Waals surface area contributed by atoms with Crippen LogP contribution in [-0.4, -0.2) is 52.9 Å². The Morgan fingerprint density at radius 2 is 2.11 bits per heavy atom. The summed E-state index contributed by atoms with van der Waals surface area (Å²) in [6.45, 7) is 2.70. The first-order valence-electron chi connectivity index (χ1n) is 9.18. The summed E-state index contributed by atoms with van der Waals surface area (Å²) in [5, 5.41) is 2.91. The molecular weight excluding hydrogens is 366 g/mol. The van der Waals surface area contributed by atoms with Gasteiger partial charge in [-0.15, -0.1) is 11.8 Å². The number of ether oxygens (including phenoxy) is 1. The zero-order valence-corrected chi connectivity index (χ0v) is 16.3. The second kappa shape index (κ2) is 6.74. The van der Waals surface area contributed by atoms with E-state index in [9.17, 15) is 14.4 Å². The molecule has 1 aromatic carbocycles. The lowest BCUT2D eigenvalue weighted by atomic mass is 10.2. The third-order valence-electron chi connectivity index (χ3n) is 5.56.